The monoisotopic (exact) mass is 365 g/mol. The van der Waals surface area contributed by atoms with Crippen molar-refractivity contribution in [2.45, 2.75) is 20.0 Å². The first-order valence-corrected chi connectivity index (χ1v) is 8.58. The molecule has 138 valence electrons. The van der Waals surface area contributed by atoms with E-state index < -0.39 is 6.10 Å². The van der Waals surface area contributed by atoms with Crippen molar-refractivity contribution in [3.05, 3.63) is 84.2 Å². The van der Waals surface area contributed by atoms with E-state index in [1.54, 1.807) is 19.1 Å². The van der Waals surface area contributed by atoms with Crippen LogP contribution in [0.25, 0.3) is 0 Å². The van der Waals surface area contributed by atoms with Gasteiger partial charge < -0.3 is 14.8 Å². The molecule has 1 amide bonds. The molecule has 0 aromatic heterocycles. The summed E-state index contributed by atoms with van der Waals surface area (Å²) in [6.45, 7) is 3.63. The number of hydrogen-bond acceptors (Lipinski definition) is 3. The smallest absolute Gasteiger partial charge is 0.265 e. The maximum absolute atomic E-state index is 13.0. The molecule has 0 bridgehead atoms. The molecule has 3 aromatic carbocycles. The second-order valence-corrected chi connectivity index (χ2v) is 6.11. The summed E-state index contributed by atoms with van der Waals surface area (Å²) in [7, 11) is 0. The summed E-state index contributed by atoms with van der Waals surface area (Å²) >= 11 is 0. The molecule has 0 aliphatic rings. The molecule has 0 saturated carbocycles. The van der Waals surface area contributed by atoms with Gasteiger partial charge in [0.2, 0.25) is 0 Å². The number of anilines is 1. The molecule has 0 aliphatic heterocycles. The largest absolute Gasteiger partial charge is 0.481 e. The van der Waals surface area contributed by atoms with Gasteiger partial charge in [0, 0.05) is 0 Å². The van der Waals surface area contributed by atoms with Crippen LogP contribution in [-0.4, -0.2) is 12.0 Å². The minimum atomic E-state index is -0.761. The SMILES string of the molecule is Cc1ccc(Oc2ccccc2NC(=O)C(C)Oc2ccc(F)cc2)cc1. The Kier molecular flexibility index (Phi) is 5.71. The zero-order valence-corrected chi connectivity index (χ0v) is 15.1. The van der Waals surface area contributed by atoms with E-state index in [2.05, 4.69) is 5.32 Å². The lowest BCUT2D eigenvalue weighted by atomic mass is 10.2. The average Bonchev–Trinajstić information content (AvgIpc) is 2.67. The second-order valence-electron chi connectivity index (χ2n) is 6.11. The molecule has 27 heavy (non-hydrogen) atoms. The number of amides is 1. The second kappa shape index (κ2) is 8.36. The third kappa shape index (κ3) is 5.07. The zero-order chi connectivity index (χ0) is 19.2. The number of rotatable bonds is 6. The number of nitrogens with one attached hydrogen (secondary N) is 1. The Bertz CT molecular complexity index is 908. The minimum Gasteiger partial charge on any atom is -0.481 e. The van der Waals surface area contributed by atoms with E-state index in [-0.39, 0.29) is 11.7 Å². The Morgan fingerprint density at radius 3 is 2.26 bits per heavy atom. The van der Waals surface area contributed by atoms with Gasteiger partial charge in [-0.3, -0.25) is 4.79 Å². The van der Waals surface area contributed by atoms with E-state index in [1.165, 1.54) is 24.3 Å². The van der Waals surface area contributed by atoms with E-state index in [1.807, 2.05) is 43.3 Å². The molecular formula is C22H20FNO3. The number of carbonyl (C=O) groups is 1. The molecule has 3 aromatic rings. The molecule has 1 N–H and O–H groups in total. The first-order valence-electron chi connectivity index (χ1n) is 8.58. The van der Waals surface area contributed by atoms with Crippen LogP contribution in [-0.2, 0) is 4.79 Å². The molecule has 0 fully saturated rings. The predicted molar refractivity (Wildman–Crippen MR) is 103 cm³/mol. The van der Waals surface area contributed by atoms with Crippen molar-refractivity contribution in [2.24, 2.45) is 0 Å². The highest BCUT2D eigenvalue weighted by Gasteiger charge is 2.17. The van der Waals surface area contributed by atoms with Gasteiger partial charge in [-0.15, -0.1) is 0 Å². The van der Waals surface area contributed by atoms with E-state index in [9.17, 15) is 9.18 Å². The van der Waals surface area contributed by atoms with Gasteiger partial charge in [-0.1, -0.05) is 29.8 Å². The van der Waals surface area contributed by atoms with Crippen LogP contribution in [0.2, 0.25) is 0 Å². The molecule has 0 spiro atoms. The van der Waals surface area contributed by atoms with Crippen molar-refractivity contribution < 1.29 is 18.7 Å². The third-order valence-electron chi connectivity index (χ3n) is 3.89. The number of para-hydroxylation sites is 2. The number of benzene rings is 3. The molecule has 4 nitrogen and oxygen atoms in total. The lowest BCUT2D eigenvalue weighted by Crippen LogP contribution is -2.30. The number of hydrogen-bond donors (Lipinski definition) is 1. The average molecular weight is 365 g/mol. The van der Waals surface area contributed by atoms with Gasteiger partial charge in [0.1, 0.15) is 17.3 Å². The molecule has 3 rings (SSSR count). The fraction of sp³-hybridized carbons (Fsp3) is 0.136. The standard InChI is InChI=1S/C22H20FNO3/c1-15-7-11-19(12-8-15)27-21-6-4-3-5-20(21)24-22(25)16(2)26-18-13-9-17(23)10-14-18/h3-14,16H,1-2H3,(H,24,25). The van der Waals surface area contributed by atoms with Gasteiger partial charge >= 0.3 is 0 Å². The predicted octanol–water partition coefficient (Wildman–Crippen LogP) is 5.33. The molecule has 0 aliphatic carbocycles. The highest BCUT2D eigenvalue weighted by Crippen LogP contribution is 2.29. The minimum absolute atomic E-state index is 0.334. The van der Waals surface area contributed by atoms with Crippen LogP contribution in [0, 0.1) is 12.7 Å². The van der Waals surface area contributed by atoms with Crippen molar-refractivity contribution in [1.82, 2.24) is 0 Å². The Balaban J connectivity index is 1.68. The van der Waals surface area contributed by atoms with Gasteiger partial charge in [-0.05, 0) is 62.4 Å². The molecule has 0 saturated heterocycles. The van der Waals surface area contributed by atoms with E-state index in [0.717, 1.165) is 5.56 Å². The summed E-state index contributed by atoms with van der Waals surface area (Å²) in [4.78, 5) is 12.5. The quantitative estimate of drug-likeness (QED) is 0.642. The highest BCUT2D eigenvalue weighted by atomic mass is 19.1. The molecule has 1 unspecified atom stereocenters. The van der Waals surface area contributed by atoms with Crippen LogP contribution in [0.5, 0.6) is 17.2 Å². The summed E-state index contributed by atoms with van der Waals surface area (Å²) in [6.07, 6.45) is -0.761. The Labute approximate surface area is 157 Å². The summed E-state index contributed by atoms with van der Waals surface area (Å²) in [5.74, 6) is 0.936. The number of carbonyl (C=O) groups excluding carboxylic acids is 1. The molecular weight excluding hydrogens is 345 g/mol. The topological polar surface area (TPSA) is 47.6 Å². The van der Waals surface area contributed by atoms with Crippen molar-refractivity contribution in [3.63, 3.8) is 0 Å². The van der Waals surface area contributed by atoms with Crippen molar-refractivity contribution in [1.29, 1.82) is 0 Å². The van der Waals surface area contributed by atoms with E-state index in [0.29, 0.717) is 22.9 Å². The number of aryl methyl sites for hydroxylation is 1. The van der Waals surface area contributed by atoms with E-state index >= 15 is 0 Å². The lowest BCUT2D eigenvalue weighted by molar-refractivity contribution is -0.122. The van der Waals surface area contributed by atoms with Crippen LogP contribution >= 0.6 is 0 Å². The van der Waals surface area contributed by atoms with Crippen LogP contribution in [0.15, 0.2) is 72.8 Å². The van der Waals surface area contributed by atoms with Crippen molar-refractivity contribution >= 4 is 11.6 Å². The Morgan fingerprint density at radius 2 is 1.56 bits per heavy atom. The Morgan fingerprint density at radius 1 is 0.926 bits per heavy atom. The molecule has 0 heterocycles. The highest BCUT2D eigenvalue weighted by molar-refractivity contribution is 5.95. The van der Waals surface area contributed by atoms with Crippen molar-refractivity contribution in [2.75, 3.05) is 5.32 Å². The van der Waals surface area contributed by atoms with Gasteiger partial charge in [0.25, 0.3) is 5.91 Å². The number of ether oxygens (including phenoxy) is 2. The lowest BCUT2D eigenvalue weighted by Gasteiger charge is -2.16. The maximum atomic E-state index is 13.0. The van der Waals surface area contributed by atoms with Crippen LogP contribution in [0.4, 0.5) is 10.1 Å². The van der Waals surface area contributed by atoms with Crippen LogP contribution in [0.3, 0.4) is 0 Å². The summed E-state index contributed by atoms with van der Waals surface area (Å²) in [5, 5.41) is 2.81. The summed E-state index contributed by atoms with van der Waals surface area (Å²) < 4.78 is 24.4. The number of halogens is 1. The van der Waals surface area contributed by atoms with E-state index in [4.69, 9.17) is 9.47 Å². The summed E-state index contributed by atoms with van der Waals surface area (Å²) in [6, 6.07) is 20.3. The molecule has 1 atom stereocenters. The fourth-order valence-electron chi connectivity index (χ4n) is 2.40. The van der Waals surface area contributed by atoms with Crippen molar-refractivity contribution in [3.8, 4) is 17.2 Å². The Hall–Kier alpha value is -3.34. The summed E-state index contributed by atoms with van der Waals surface area (Å²) in [5.41, 5.74) is 1.67. The zero-order valence-electron chi connectivity index (χ0n) is 15.1. The van der Waals surface area contributed by atoms with Gasteiger partial charge in [-0.2, -0.15) is 0 Å². The van der Waals surface area contributed by atoms with Crippen LogP contribution in [0.1, 0.15) is 12.5 Å². The van der Waals surface area contributed by atoms with Gasteiger partial charge in [-0.25, -0.2) is 4.39 Å². The first-order chi connectivity index (χ1) is 13.0. The maximum Gasteiger partial charge on any atom is 0.265 e. The first kappa shape index (κ1) is 18.5. The normalized spacial score (nSPS) is 11.5. The van der Waals surface area contributed by atoms with Gasteiger partial charge in [0.05, 0.1) is 5.69 Å². The van der Waals surface area contributed by atoms with Crippen LogP contribution < -0.4 is 14.8 Å². The molecule has 5 heteroatoms. The van der Waals surface area contributed by atoms with Gasteiger partial charge in [0.15, 0.2) is 11.9 Å². The third-order valence-corrected chi connectivity index (χ3v) is 3.89. The fourth-order valence-corrected chi connectivity index (χ4v) is 2.40. The molecule has 0 radical (unpaired) electrons.